The third-order valence-electron chi connectivity index (χ3n) is 7.18. The Morgan fingerprint density at radius 2 is 1.97 bits per heavy atom. The molecule has 4 atom stereocenters. The Balaban J connectivity index is 1.58. The third kappa shape index (κ3) is 6.36. The zero-order valence-electron chi connectivity index (χ0n) is 22.9. The van der Waals surface area contributed by atoms with Gasteiger partial charge in [0.15, 0.2) is 5.60 Å². The summed E-state index contributed by atoms with van der Waals surface area (Å²) in [6.07, 6.45) is 10.0. The number of allylic oxidation sites excluding steroid dienone is 1. The highest BCUT2D eigenvalue weighted by Gasteiger charge is 2.60. The van der Waals surface area contributed by atoms with Crippen LogP contribution in [0.25, 0.3) is 0 Å². The van der Waals surface area contributed by atoms with Crippen LogP contribution >= 0.6 is 0 Å². The highest BCUT2D eigenvalue weighted by Crippen LogP contribution is 2.44. The van der Waals surface area contributed by atoms with E-state index in [0.717, 1.165) is 30.1 Å². The average molecular weight is 505 g/mol. The van der Waals surface area contributed by atoms with E-state index in [9.17, 15) is 9.59 Å². The summed E-state index contributed by atoms with van der Waals surface area (Å²) in [6, 6.07) is -0.807. The summed E-state index contributed by atoms with van der Waals surface area (Å²) in [5.41, 5.74) is -0.890. The van der Waals surface area contributed by atoms with Gasteiger partial charge in [0.25, 0.3) is 0 Å². The molecule has 8 nitrogen and oxygen atoms in total. The fourth-order valence-electron chi connectivity index (χ4n) is 5.50. The lowest BCUT2D eigenvalue weighted by molar-refractivity contribution is -0.172. The van der Waals surface area contributed by atoms with Gasteiger partial charge < -0.3 is 29.6 Å². The van der Waals surface area contributed by atoms with E-state index in [4.69, 9.17) is 18.9 Å². The van der Waals surface area contributed by atoms with Crippen LogP contribution < -0.4 is 10.6 Å². The molecule has 0 aromatic rings. The number of rotatable bonds is 9. The molecule has 202 valence electrons. The molecule has 4 rings (SSSR count). The van der Waals surface area contributed by atoms with Crippen LogP contribution in [0.2, 0.25) is 0 Å². The molecule has 3 heterocycles. The Labute approximate surface area is 215 Å². The molecule has 1 amide bonds. The van der Waals surface area contributed by atoms with E-state index < -0.39 is 35.1 Å². The minimum atomic E-state index is -1.38. The molecular weight excluding hydrogens is 460 g/mol. The van der Waals surface area contributed by atoms with E-state index in [1.165, 1.54) is 19.3 Å². The van der Waals surface area contributed by atoms with Gasteiger partial charge in [-0.15, -0.1) is 0 Å². The third-order valence-corrected chi connectivity index (χ3v) is 7.18. The van der Waals surface area contributed by atoms with Crippen LogP contribution in [-0.2, 0) is 23.7 Å². The fourth-order valence-corrected chi connectivity index (χ4v) is 5.50. The van der Waals surface area contributed by atoms with Crippen LogP contribution in [0.1, 0.15) is 93.4 Å². The van der Waals surface area contributed by atoms with E-state index in [1.54, 1.807) is 13.8 Å². The highest BCUT2D eigenvalue weighted by atomic mass is 16.8. The second kappa shape index (κ2) is 9.92. The summed E-state index contributed by atoms with van der Waals surface area (Å²) >= 11 is 0. The normalized spacial score (nSPS) is 29.9. The van der Waals surface area contributed by atoms with E-state index in [1.807, 2.05) is 33.0 Å². The van der Waals surface area contributed by atoms with Gasteiger partial charge in [-0.05, 0) is 63.5 Å². The lowest BCUT2D eigenvalue weighted by atomic mass is 9.80. The van der Waals surface area contributed by atoms with Crippen molar-refractivity contribution in [1.82, 2.24) is 10.6 Å². The molecule has 1 saturated carbocycles. The molecule has 2 N–H and O–H groups in total. The molecule has 2 fully saturated rings. The Kier molecular flexibility index (Phi) is 7.39. The van der Waals surface area contributed by atoms with Crippen LogP contribution in [0.4, 0.5) is 4.79 Å². The lowest BCUT2D eigenvalue weighted by Gasteiger charge is -2.38. The lowest BCUT2D eigenvalue weighted by Crippen LogP contribution is -2.60. The number of carbonyl (C=O) groups excluding carboxylic acids is 2. The van der Waals surface area contributed by atoms with Crippen molar-refractivity contribution in [3.63, 3.8) is 0 Å². The first-order valence-corrected chi connectivity index (χ1v) is 13.5. The van der Waals surface area contributed by atoms with Crippen LogP contribution in [0.3, 0.4) is 0 Å². The maximum absolute atomic E-state index is 13.6. The number of ether oxygens (including phenoxy) is 4. The summed E-state index contributed by atoms with van der Waals surface area (Å²) in [6.45, 7) is 13.0. The average Bonchev–Trinajstić information content (AvgIpc) is 3.40. The summed E-state index contributed by atoms with van der Waals surface area (Å²) in [7, 11) is 0. The smallest absolute Gasteiger partial charge is 0.407 e. The molecule has 36 heavy (non-hydrogen) atoms. The predicted octanol–water partition coefficient (Wildman–Crippen LogP) is 5.08. The molecule has 0 bridgehead atoms. The Morgan fingerprint density at radius 1 is 1.25 bits per heavy atom. The Morgan fingerprint density at radius 3 is 2.56 bits per heavy atom. The van der Waals surface area contributed by atoms with Crippen molar-refractivity contribution in [3.8, 4) is 0 Å². The van der Waals surface area contributed by atoms with Crippen molar-refractivity contribution in [2.45, 2.75) is 129 Å². The molecule has 1 saturated heterocycles. The van der Waals surface area contributed by atoms with E-state index in [-0.39, 0.29) is 18.1 Å². The maximum atomic E-state index is 13.6. The quantitative estimate of drug-likeness (QED) is 0.423. The number of amides is 1. The predicted molar refractivity (Wildman–Crippen MR) is 136 cm³/mol. The van der Waals surface area contributed by atoms with Gasteiger partial charge in [-0.3, -0.25) is 0 Å². The van der Waals surface area contributed by atoms with Gasteiger partial charge in [0.05, 0.1) is 12.1 Å². The van der Waals surface area contributed by atoms with Gasteiger partial charge in [-0.1, -0.05) is 26.7 Å². The van der Waals surface area contributed by atoms with Gasteiger partial charge in [0.2, 0.25) is 5.79 Å². The minimum Gasteiger partial charge on any atom is -0.490 e. The zero-order valence-corrected chi connectivity index (χ0v) is 22.9. The number of nitrogens with one attached hydrogen (secondary N) is 2. The fraction of sp³-hybridized carbons (Fsp3) is 0.786. The van der Waals surface area contributed by atoms with Crippen molar-refractivity contribution in [1.29, 1.82) is 0 Å². The number of carbonyl (C=O) groups is 2. The second-order valence-electron chi connectivity index (χ2n) is 12.7. The van der Waals surface area contributed by atoms with Crippen molar-refractivity contribution in [2.24, 2.45) is 11.8 Å². The van der Waals surface area contributed by atoms with Crippen LogP contribution in [0.5, 0.6) is 0 Å². The van der Waals surface area contributed by atoms with Crippen molar-refractivity contribution in [3.05, 3.63) is 23.6 Å². The van der Waals surface area contributed by atoms with Gasteiger partial charge in [-0.2, -0.15) is 0 Å². The van der Waals surface area contributed by atoms with Gasteiger partial charge in [0.1, 0.15) is 17.5 Å². The van der Waals surface area contributed by atoms with Crippen LogP contribution in [0.15, 0.2) is 23.6 Å². The van der Waals surface area contributed by atoms with E-state index in [0.29, 0.717) is 12.8 Å². The summed E-state index contributed by atoms with van der Waals surface area (Å²) < 4.78 is 24.0. The van der Waals surface area contributed by atoms with Crippen molar-refractivity contribution in [2.75, 3.05) is 0 Å². The number of alkyl carbamates (subject to hydrolysis) is 1. The Bertz CT molecular complexity index is 913. The standard InChI is InChI=1S/C28H44N2O6/c1-17(2)14-23(30-25(32)35-26(3,4)5)28(24(31)34-27(6,7)36-28)16-21-20-15-19(11-10-18-8-9-18)33-22(20)12-13-29-21/h12-13,17-19,21,23,29H,8-11,14-16H2,1-7H3,(H,30,32)/t19?,21?,23-,28+/m0/s1. The number of hydrogen-bond donors (Lipinski definition) is 2. The van der Waals surface area contributed by atoms with Gasteiger partial charge in [-0.25, -0.2) is 9.59 Å². The number of cyclic esters (lactones) is 1. The molecule has 0 spiro atoms. The first-order chi connectivity index (χ1) is 16.8. The highest BCUT2D eigenvalue weighted by molar-refractivity contribution is 5.84. The molecule has 0 aromatic carbocycles. The molecular formula is C28H44N2O6. The first-order valence-electron chi connectivity index (χ1n) is 13.5. The number of hydrogen-bond acceptors (Lipinski definition) is 7. The Hall–Kier alpha value is -2.22. The second-order valence-corrected chi connectivity index (χ2v) is 12.7. The monoisotopic (exact) mass is 504 g/mol. The van der Waals surface area contributed by atoms with Crippen molar-refractivity contribution >= 4 is 12.1 Å². The maximum Gasteiger partial charge on any atom is 0.407 e. The van der Waals surface area contributed by atoms with Crippen LogP contribution in [-0.4, -0.2) is 47.2 Å². The molecule has 0 aromatic heterocycles. The van der Waals surface area contributed by atoms with Gasteiger partial charge in [0, 0.05) is 32.9 Å². The number of esters is 1. The molecule has 4 aliphatic rings. The molecule has 8 heteroatoms. The van der Waals surface area contributed by atoms with E-state index in [2.05, 4.69) is 24.5 Å². The molecule has 3 aliphatic heterocycles. The summed E-state index contributed by atoms with van der Waals surface area (Å²) in [5.74, 6) is 0.372. The first kappa shape index (κ1) is 26.8. The zero-order chi connectivity index (χ0) is 26.3. The summed E-state index contributed by atoms with van der Waals surface area (Å²) in [5, 5.41) is 6.41. The SMILES string of the molecule is CC(C)C[C@H](NC(=O)OC(C)(C)C)[C@@]1(CC2NC=CC3=C2CC(CCC2CC2)O3)OC(C)(C)OC1=O. The molecule has 0 radical (unpaired) electrons. The topological polar surface area (TPSA) is 95.1 Å². The summed E-state index contributed by atoms with van der Waals surface area (Å²) in [4.78, 5) is 26.5. The minimum absolute atomic E-state index is 0.165. The molecule has 1 aliphatic carbocycles. The largest absolute Gasteiger partial charge is 0.490 e. The van der Waals surface area contributed by atoms with Crippen molar-refractivity contribution < 1.29 is 28.5 Å². The van der Waals surface area contributed by atoms with Crippen LogP contribution in [0, 0.1) is 11.8 Å². The number of dihydropyridines is 1. The molecule has 2 unspecified atom stereocenters. The van der Waals surface area contributed by atoms with Gasteiger partial charge >= 0.3 is 12.1 Å². The van der Waals surface area contributed by atoms with E-state index >= 15 is 0 Å².